The fraction of sp³-hybridized carbons (Fsp3) is 0.353. The molecule has 0 radical (unpaired) electrons. The first-order valence-electron chi connectivity index (χ1n) is 7.83. The summed E-state index contributed by atoms with van der Waals surface area (Å²) in [4.78, 5) is 23.2. The molecule has 2 aromatic rings. The Morgan fingerprint density at radius 3 is 2.79 bits per heavy atom. The standard InChI is InChI=1S/C17H20N4O3/c1-23-17-13(4-2-7-19-17)12-20-16(22)14-5-3-6-18-15(14)21-8-10-24-11-9-21/h2-7H,8-12H2,1H3,(H,20,22). The lowest BCUT2D eigenvalue weighted by atomic mass is 10.2. The summed E-state index contributed by atoms with van der Waals surface area (Å²) in [6.45, 7) is 3.09. The Bertz CT molecular complexity index is 702. The third-order valence-electron chi connectivity index (χ3n) is 3.82. The van der Waals surface area contributed by atoms with E-state index in [2.05, 4.69) is 20.2 Å². The van der Waals surface area contributed by atoms with E-state index >= 15 is 0 Å². The Labute approximate surface area is 140 Å². The highest BCUT2D eigenvalue weighted by Gasteiger charge is 2.20. The van der Waals surface area contributed by atoms with Gasteiger partial charge in [0.05, 0.1) is 25.9 Å². The number of nitrogens with one attached hydrogen (secondary N) is 1. The molecule has 1 N–H and O–H groups in total. The molecule has 7 heteroatoms. The molecule has 1 aliphatic heterocycles. The van der Waals surface area contributed by atoms with Crippen LogP contribution in [0.1, 0.15) is 15.9 Å². The maximum absolute atomic E-state index is 12.6. The molecule has 0 atom stereocenters. The third kappa shape index (κ3) is 3.62. The predicted octanol–water partition coefficient (Wildman–Crippen LogP) is 1.25. The number of ether oxygens (including phenoxy) is 2. The first-order valence-corrected chi connectivity index (χ1v) is 7.83. The van der Waals surface area contributed by atoms with Gasteiger partial charge in [0, 0.05) is 37.6 Å². The lowest BCUT2D eigenvalue weighted by Crippen LogP contribution is -2.38. The maximum atomic E-state index is 12.6. The minimum absolute atomic E-state index is 0.171. The van der Waals surface area contributed by atoms with E-state index in [1.165, 1.54) is 0 Å². The molecule has 0 bridgehead atoms. The molecule has 1 aliphatic rings. The first-order chi connectivity index (χ1) is 11.8. The Morgan fingerprint density at radius 2 is 2.00 bits per heavy atom. The highest BCUT2D eigenvalue weighted by Crippen LogP contribution is 2.19. The van der Waals surface area contributed by atoms with Gasteiger partial charge < -0.3 is 19.7 Å². The van der Waals surface area contributed by atoms with Crippen molar-refractivity contribution in [1.82, 2.24) is 15.3 Å². The summed E-state index contributed by atoms with van der Waals surface area (Å²) in [6.07, 6.45) is 3.35. The van der Waals surface area contributed by atoms with E-state index < -0.39 is 0 Å². The Balaban J connectivity index is 1.73. The third-order valence-corrected chi connectivity index (χ3v) is 3.82. The minimum Gasteiger partial charge on any atom is -0.481 e. The SMILES string of the molecule is COc1ncccc1CNC(=O)c1cccnc1N1CCOCC1. The van der Waals surface area contributed by atoms with Crippen molar-refractivity contribution in [1.29, 1.82) is 0 Å². The van der Waals surface area contributed by atoms with Crippen molar-refractivity contribution in [2.45, 2.75) is 6.54 Å². The van der Waals surface area contributed by atoms with Gasteiger partial charge in [0.15, 0.2) is 0 Å². The summed E-state index contributed by atoms with van der Waals surface area (Å²) in [5.41, 5.74) is 1.38. The topological polar surface area (TPSA) is 76.6 Å². The zero-order valence-corrected chi connectivity index (χ0v) is 13.6. The molecule has 126 valence electrons. The van der Waals surface area contributed by atoms with Gasteiger partial charge >= 0.3 is 0 Å². The zero-order valence-electron chi connectivity index (χ0n) is 13.6. The molecule has 0 unspecified atom stereocenters. The molecular formula is C17H20N4O3. The lowest BCUT2D eigenvalue weighted by molar-refractivity contribution is 0.0948. The van der Waals surface area contributed by atoms with Gasteiger partial charge in [-0.05, 0) is 18.2 Å². The summed E-state index contributed by atoms with van der Waals surface area (Å²) >= 11 is 0. The van der Waals surface area contributed by atoms with Crippen molar-refractivity contribution >= 4 is 11.7 Å². The highest BCUT2D eigenvalue weighted by molar-refractivity contribution is 5.98. The summed E-state index contributed by atoms with van der Waals surface area (Å²) in [6, 6.07) is 7.24. The first kappa shape index (κ1) is 16.2. The van der Waals surface area contributed by atoms with Crippen LogP contribution in [-0.4, -0.2) is 49.3 Å². The number of aromatic nitrogens is 2. The van der Waals surface area contributed by atoms with E-state index in [9.17, 15) is 4.79 Å². The van der Waals surface area contributed by atoms with Crippen LogP contribution in [0.2, 0.25) is 0 Å². The number of carbonyl (C=O) groups excluding carboxylic acids is 1. The number of anilines is 1. The number of amides is 1. The van der Waals surface area contributed by atoms with Gasteiger partial charge in [-0.3, -0.25) is 4.79 Å². The number of morpholine rings is 1. The number of methoxy groups -OCH3 is 1. The Kier molecular flexibility index (Phi) is 5.22. The summed E-state index contributed by atoms with van der Waals surface area (Å²) in [5.74, 6) is 1.03. The zero-order chi connectivity index (χ0) is 16.8. The fourth-order valence-corrected chi connectivity index (χ4v) is 2.61. The average Bonchev–Trinajstić information content (AvgIpc) is 2.67. The Morgan fingerprint density at radius 1 is 1.25 bits per heavy atom. The van der Waals surface area contributed by atoms with Gasteiger partial charge in [0.2, 0.25) is 5.88 Å². The normalized spacial score (nSPS) is 14.3. The van der Waals surface area contributed by atoms with Crippen LogP contribution < -0.4 is 15.0 Å². The molecule has 7 nitrogen and oxygen atoms in total. The number of carbonyl (C=O) groups is 1. The van der Waals surface area contributed by atoms with Crippen molar-refractivity contribution in [3.8, 4) is 5.88 Å². The van der Waals surface area contributed by atoms with E-state index in [-0.39, 0.29) is 5.91 Å². The molecule has 0 saturated carbocycles. The van der Waals surface area contributed by atoms with E-state index in [4.69, 9.17) is 9.47 Å². The molecule has 2 aromatic heterocycles. The summed E-state index contributed by atoms with van der Waals surface area (Å²) < 4.78 is 10.6. The fourth-order valence-electron chi connectivity index (χ4n) is 2.61. The lowest BCUT2D eigenvalue weighted by Gasteiger charge is -2.29. The largest absolute Gasteiger partial charge is 0.481 e. The molecule has 1 saturated heterocycles. The van der Waals surface area contributed by atoms with Crippen LogP contribution in [0.15, 0.2) is 36.7 Å². The molecule has 24 heavy (non-hydrogen) atoms. The van der Waals surface area contributed by atoms with Gasteiger partial charge in [-0.2, -0.15) is 0 Å². The second kappa shape index (κ2) is 7.74. The molecule has 1 amide bonds. The van der Waals surface area contributed by atoms with Gasteiger partial charge in [0.1, 0.15) is 5.82 Å². The molecular weight excluding hydrogens is 308 g/mol. The van der Waals surface area contributed by atoms with Crippen molar-refractivity contribution in [2.75, 3.05) is 38.3 Å². The van der Waals surface area contributed by atoms with Gasteiger partial charge in [-0.15, -0.1) is 0 Å². The van der Waals surface area contributed by atoms with Crippen LogP contribution in [0.5, 0.6) is 5.88 Å². The number of rotatable bonds is 5. The van der Waals surface area contributed by atoms with Gasteiger partial charge in [0.25, 0.3) is 5.91 Å². The van der Waals surface area contributed by atoms with Gasteiger partial charge in [-0.1, -0.05) is 6.07 Å². The maximum Gasteiger partial charge on any atom is 0.255 e. The Hall–Kier alpha value is -2.67. The average molecular weight is 328 g/mol. The molecule has 0 spiro atoms. The van der Waals surface area contributed by atoms with E-state index in [1.54, 1.807) is 31.6 Å². The second-order valence-corrected chi connectivity index (χ2v) is 5.33. The van der Waals surface area contributed by atoms with Crippen LogP contribution in [0.3, 0.4) is 0 Å². The minimum atomic E-state index is -0.171. The van der Waals surface area contributed by atoms with Crippen LogP contribution in [0.4, 0.5) is 5.82 Å². The monoisotopic (exact) mass is 328 g/mol. The molecule has 0 aromatic carbocycles. The van der Waals surface area contributed by atoms with Crippen molar-refractivity contribution < 1.29 is 14.3 Å². The number of hydrogen-bond donors (Lipinski definition) is 1. The quantitative estimate of drug-likeness (QED) is 0.890. The molecule has 3 heterocycles. The summed E-state index contributed by atoms with van der Waals surface area (Å²) in [7, 11) is 1.56. The van der Waals surface area contributed by atoms with E-state index in [0.29, 0.717) is 37.0 Å². The van der Waals surface area contributed by atoms with Crippen molar-refractivity contribution in [3.63, 3.8) is 0 Å². The molecule has 1 fully saturated rings. The second-order valence-electron chi connectivity index (χ2n) is 5.33. The van der Waals surface area contributed by atoms with E-state index in [0.717, 1.165) is 18.7 Å². The van der Waals surface area contributed by atoms with Gasteiger partial charge in [-0.25, -0.2) is 9.97 Å². The number of nitrogens with zero attached hydrogens (tertiary/aromatic N) is 3. The van der Waals surface area contributed by atoms with Crippen LogP contribution in [0, 0.1) is 0 Å². The smallest absolute Gasteiger partial charge is 0.255 e. The van der Waals surface area contributed by atoms with E-state index in [1.807, 2.05) is 12.1 Å². The predicted molar refractivity (Wildman–Crippen MR) is 89.2 cm³/mol. The summed E-state index contributed by atoms with van der Waals surface area (Å²) in [5, 5.41) is 2.91. The van der Waals surface area contributed by atoms with Crippen LogP contribution in [-0.2, 0) is 11.3 Å². The van der Waals surface area contributed by atoms with Crippen LogP contribution in [0.25, 0.3) is 0 Å². The van der Waals surface area contributed by atoms with Crippen LogP contribution >= 0.6 is 0 Å². The molecule has 3 rings (SSSR count). The number of pyridine rings is 2. The number of hydrogen-bond acceptors (Lipinski definition) is 6. The molecule has 0 aliphatic carbocycles. The van der Waals surface area contributed by atoms with Crippen molar-refractivity contribution in [2.24, 2.45) is 0 Å². The highest BCUT2D eigenvalue weighted by atomic mass is 16.5. The van der Waals surface area contributed by atoms with Crippen molar-refractivity contribution in [3.05, 3.63) is 47.8 Å².